The third-order valence-corrected chi connectivity index (χ3v) is 6.85. The highest BCUT2D eigenvalue weighted by Gasteiger charge is 2.21. The first-order valence-electron chi connectivity index (χ1n) is 11.1. The van der Waals surface area contributed by atoms with Crippen LogP contribution in [0.3, 0.4) is 0 Å². The molecular weight excluding hydrogens is 558 g/mol. The van der Waals surface area contributed by atoms with Crippen molar-refractivity contribution in [2.75, 3.05) is 27.1 Å². The van der Waals surface area contributed by atoms with E-state index in [9.17, 15) is 4.79 Å². The molecule has 11 heteroatoms. The first-order chi connectivity index (χ1) is 18.0. The van der Waals surface area contributed by atoms with Gasteiger partial charge >= 0.3 is 0 Å². The monoisotopic (exact) mass is 581 g/mol. The summed E-state index contributed by atoms with van der Waals surface area (Å²) in [5.41, 5.74) is 4.96. The Labute approximate surface area is 227 Å². The van der Waals surface area contributed by atoms with Gasteiger partial charge in [-0.1, -0.05) is 64.1 Å². The zero-order chi connectivity index (χ0) is 26.2. The molecule has 4 aromatic rings. The maximum absolute atomic E-state index is 12.5. The number of hydrogen-bond acceptors (Lipinski definition) is 8. The molecule has 0 fully saturated rings. The minimum absolute atomic E-state index is 0.0908. The maximum Gasteiger partial charge on any atom is 0.250 e. The van der Waals surface area contributed by atoms with E-state index in [0.717, 1.165) is 15.7 Å². The van der Waals surface area contributed by atoms with Crippen molar-refractivity contribution < 1.29 is 19.0 Å². The average molecular weight is 582 g/mol. The number of rotatable bonds is 10. The lowest BCUT2D eigenvalue weighted by atomic mass is 10.1. The molecule has 0 saturated heterocycles. The number of halogens is 1. The molecule has 0 atom stereocenters. The van der Waals surface area contributed by atoms with E-state index in [4.69, 9.17) is 14.2 Å². The van der Waals surface area contributed by atoms with Gasteiger partial charge in [0.05, 0.1) is 33.3 Å². The third-order valence-electron chi connectivity index (χ3n) is 5.20. The Morgan fingerprint density at radius 1 is 1.00 bits per heavy atom. The van der Waals surface area contributed by atoms with Crippen molar-refractivity contribution in [1.82, 2.24) is 20.2 Å². The van der Waals surface area contributed by atoms with E-state index in [1.807, 2.05) is 71.3 Å². The minimum Gasteiger partial charge on any atom is -0.493 e. The van der Waals surface area contributed by atoms with Gasteiger partial charge in [0, 0.05) is 21.3 Å². The van der Waals surface area contributed by atoms with Gasteiger partial charge in [-0.15, -0.1) is 10.2 Å². The number of amides is 1. The van der Waals surface area contributed by atoms with E-state index in [0.29, 0.717) is 33.8 Å². The fraction of sp³-hybridized carbons (Fsp3) is 0.154. The summed E-state index contributed by atoms with van der Waals surface area (Å²) >= 11 is 4.70. The summed E-state index contributed by atoms with van der Waals surface area (Å²) in [5, 5.41) is 13.4. The van der Waals surface area contributed by atoms with Crippen LogP contribution < -0.4 is 19.6 Å². The molecule has 0 spiro atoms. The second-order valence-corrected chi connectivity index (χ2v) is 9.29. The molecule has 3 aromatic carbocycles. The van der Waals surface area contributed by atoms with Crippen LogP contribution in [0.25, 0.3) is 17.1 Å². The minimum atomic E-state index is -0.273. The van der Waals surface area contributed by atoms with Crippen molar-refractivity contribution in [1.29, 1.82) is 0 Å². The van der Waals surface area contributed by atoms with Gasteiger partial charge in [0.15, 0.2) is 22.5 Å². The van der Waals surface area contributed by atoms with E-state index in [2.05, 4.69) is 36.7 Å². The number of hydrazone groups is 1. The normalized spacial score (nSPS) is 10.9. The standard InChI is InChI=1S/C26H24BrN5O4S/c1-34-21-13-18(14-22(35-2)24(21)36-3)25-30-31-26(32(25)19-10-5-4-6-11-19)37-16-23(33)29-28-15-17-9-7-8-12-20(17)27/h4-15H,16H2,1-3H3,(H,29,33)/b28-15+. The second-order valence-electron chi connectivity index (χ2n) is 7.49. The Bertz CT molecular complexity index is 1390. The SMILES string of the molecule is COc1cc(-c2nnc(SCC(=O)N/N=C/c3ccccc3Br)n2-c2ccccc2)cc(OC)c1OC. The van der Waals surface area contributed by atoms with Crippen LogP contribution in [0.15, 0.2) is 81.5 Å². The molecule has 37 heavy (non-hydrogen) atoms. The molecule has 190 valence electrons. The van der Waals surface area contributed by atoms with Gasteiger partial charge in [-0.2, -0.15) is 5.10 Å². The van der Waals surface area contributed by atoms with Gasteiger partial charge in [0.25, 0.3) is 5.91 Å². The quantitative estimate of drug-likeness (QED) is 0.160. The van der Waals surface area contributed by atoms with Crippen LogP contribution in [-0.2, 0) is 4.79 Å². The number of methoxy groups -OCH3 is 3. The number of benzene rings is 3. The first kappa shape index (κ1) is 26.2. The molecule has 0 bridgehead atoms. The van der Waals surface area contributed by atoms with Crippen molar-refractivity contribution in [3.05, 3.63) is 76.8 Å². The summed E-state index contributed by atoms with van der Waals surface area (Å²) in [5.74, 6) is 1.85. The molecule has 0 radical (unpaired) electrons. The van der Waals surface area contributed by atoms with Gasteiger partial charge in [-0.05, 0) is 30.3 Å². The Hall–Kier alpha value is -3.83. The van der Waals surface area contributed by atoms with Crippen molar-refractivity contribution in [2.45, 2.75) is 5.16 Å². The zero-order valence-corrected chi connectivity index (χ0v) is 22.7. The van der Waals surface area contributed by atoms with Crippen molar-refractivity contribution >= 4 is 39.8 Å². The Kier molecular flexibility index (Phi) is 8.81. The lowest BCUT2D eigenvalue weighted by molar-refractivity contribution is -0.118. The Balaban J connectivity index is 1.60. The van der Waals surface area contributed by atoms with Crippen molar-refractivity contribution in [3.63, 3.8) is 0 Å². The Morgan fingerprint density at radius 3 is 2.32 bits per heavy atom. The number of aromatic nitrogens is 3. The number of hydrogen-bond donors (Lipinski definition) is 1. The van der Waals surface area contributed by atoms with E-state index in [-0.39, 0.29) is 11.7 Å². The van der Waals surface area contributed by atoms with Crippen LogP contribution in [0.1, 0.15) is 5.56 Å². The highest BCUT2D eigenvalue weighted by atomic mass is 79.9. The van der Waals surface area contributed by atoms with Gasteiger partial charge in [-0.3, -0.25) is 9.36 Å². The number of nitrogens with zero attached hydrogens (tertiary/aromatic N) is 4. The molecule has 4 rings (SSSR count). The van der Waals surface area contributed by atoms with Crippen LogP contribution in [0.4, 0.5) is 0 Å². The summed E-state index contributed by atoms with van der Waals surface area (Å²) < 4.78 is 19.2. The molecule has 0 aliphatic rings. The zero-order valence-electron chi connectivity index (χ0n) is 20.3. The lowest BCUT2D eigenvalue weighted by Gasteiger charge is -2.15. The van der Waals surface area contributed by atoms with Crippen LogP contribution in [0.2, 0.25) is 0 Å². The van der Waals surface area contributed by atoms with Gasteiger partial charge in [0.2, 0.25) is 5.75 Å². The molecule has 0 unspecified atom stereocenters. The van der Waals surface area contributed by atoms with E-state index < -0.39 is 0 Å². The molecule has 0 aliphatic heterocycles. The molecule has 0 saturated carbocycles. The predicted octanol–water partition coefficient (Wildman–Crippen LogP) is 4.97. The van der Waals surface area contributed by atoms with E-state index in [1.165, 1.54) is 11.8 Å². The average Bonchev–Trinajstić information content (AvgIpc) is 3.36. The van der Waals surface area contributed by atoms with Crippen LogP contribution in [0, 0.1) is 0 Å². The maximum atomic E-state index is 12.5. The summed E-state index contributed by atoms with van der Waals surface area (Å²) in [7, 11) is 4.67. The number of carbonyl (C=O) groups is 1. The van der Waals surface area contributed by atoms with Crippen LogP contribution in [0.5, 0.6) is 17.2 Å². The van der Waals surface area contributed by atoms with Crippen LogP contribution >= 0.6 is 27.7 Å². The smallest absolute Gasteiger partial charge is 0.250 e. The topological polar surface area (TPSA) is 99.9 Å². The first-order valence-corrected chi connectivity index (χ1v) is 12.8. The molecule has 1 aromatic heterocycles. The number of para-hydroxylation sites is 1. The van der Waals surface area contributed by atoms with Gasteiger partial charge in [-0.25, -0.2) is 5.43 Å². The third kappa shape index (κ3) is 6.12. The second kappa shape index (κ2) is 12.4. The van der Waals surface area contributed by atoms with E-state index in [1.54, 1.807) is 27.5 Å². The number of carbonyl (C=O) groups excluding carboxylic acids is 1. The Morgan fingerprint density at radius 2 is 1.68 bits per heavy atom. The molecule has 1 heterocycles. The van der Waals surface area contributed by atoms with Crippen LogP contribution in [-0.4, -0.2) is 54.0 Å². The van der Waals surface area contributed by atoms with Gasteiger partial charge in [0.1, 0.15) is 0 Å². The largest absolute Gasteiger partial charge is 0.493 e. The highest BCUT2D eigenvalue weighted by Crippen LogP contribution is 2.41. The summed E-state index contributed by atoms with van der Waals surface area (Å²) in [6, 6.07) is 20.9. The van der Waals surface area contributed by atoms with Gasteiger partial charge < -0.3 is 14.2 Å². The number of nitrogens with one attached hydrogen (secondary N) is 1. The number of thioether (sulfide) groups is 1. The molecular formula is C26H24BrN5O4S. The molecule has 9 nitrogen and oxygen atoms in total. The van der Waals surface area contributed by atoms with Crippen molar-refractivity contribution in [2.24, 2.45) is 5.10 Å². The molecule has 0 aliphatic carbocycles. The van der Waals surface area contributed by atoms with Crippen molar-refractivity contribution in [3.8, 4) is 34.3 Å². The summed E-state index contributed by atoms with van der Waals surface area (Å²) in [4.78, 5) is 12.5. The highest BCUT2D eigenvalue weighted by molar-refractivity contribution is 9.10. The fourth-order valence-electron chi connectivity index (χ4n) is 3.49. The fourth-order valence-corrected chi connectivity index (χ4v) is 4.62. The number of ether oxygens (including phenoxy) is 3. The molecule has 1 N–H and O–H groups in total. The van der Waals surface area contributed by atoms with E-state index >= 15 is 0 Å². The summed E-state index contributed by atoms with van der Waals surface area (Å²) in [6.45, 7) is 0. The predicted molar refractivity (Wildman–Crippen MR) is 147 cm³/mol. The summed E-state index contributed by atoms with van der Waals surface area (Å²) in [6.07, 6.45) is 1.58. The molecule has 1 amide bonds. The lowest BCUT2D eigenvalue weighted by Crippen LogP contribution is -2.20.